The van der Waals surface area contributed by atoms with Crippen LogP contribution in [0.2, 0.25) is 0 Å². The Bertz CT molecular complexity index is 1170. The van der Waals surface area contributed by atoms with Crippen LogP contribution in [0.5, 0.6) is 5.75 Å². The molecule has 0 unspecified atom stereocenters. The number of hydrogen-bond acceptors (Lipinski definition) is 5. The lowest BCUT2D eigenvalue weighted by Gasteiger charge is -2.35. The van der Waals surface area contributed by atoms with Crippen LogP contribution in [0.1, 0.15) is 37.5 Å². The Morgan fingerprint density at radius 2 is 1.69 bits per heavy atom. The lowest BCUT2D eigenvalue weighted by Crippen LogP contribution is -2.53. The first-order valence-corrected chi connectivity index (χ1v) is 13.6. The van der Waals surface area contributed by atoms with Crippen LogP contribution < -0.4 is 15.8 Å². The van der Waals surface area contributed by atoms with Crippen molar-refractivity contribution in [3.8, 4) is 5.75 Å². The van der Waals surface area contributed by atoms with Crippen LogP contribution in [0, 0.1) is 11.7 Å². The molecule has 1 aliphatic rings. The van der Waals surface area contributed by atoms with Crippen molar-refractivity contribution in [1.82, 2.24) is 5.32 Å². The lowest BCUT2D eigenvalue weighted by atomic mass is 9.86. The first-order chi connectivity index (χ1) is 17.9. The van der Waals surface area contributed by atoms with Gasteiger partial charge in [-0.05, 0) is 40.7 Å². The second kappa shape index (κ2) is 11.6. The fraction of sp³-hybridized carbons (Fsp3) is 0.538. The Hall–Kier alpha value is -2.38. The molecule has 0 radical (unpaired) electrons. The Balaban J connectivity index is 1.77. The number of nitrogens with one attached hydrogen (secondary N) is 1. The van der Waals surface area contributed by atoms with Crippen molar-refractivity contribution in [3.63, 3.8) is 0 Å². The molecule has 0 bridgehead atoms. The highest BCUT2D eigenvalue weighted by Gasteiger charge is 2.59. The number of anilines is 1. The van der Waals surface area contributed by atoms with Gasteiger partial charge in [0.25, 0.3) is 6.10 Å². The third-order valence-electron chi connectivity index (χ3n) is 6.51. The summed E-state index contributed by atoms with van der Waals surface area (Å²) in [6, 6.07) is 8.85. The van der Waals surface area contributed by atoms with Gasteiger partial charge in [-0.2, -0.15) is 26.3 Å². The molecule has 4 N–H and O–H groups in total. The number of aliphatic hydroxyl groups is 1. The fourth-order valence-electron chi connectivity index (χ4n) is 4.40. The number of aliphatic hydroxyl groups excluding tert-OH is 1. The lowest BCUT2D eigenvalue weighted by molar-refractivity contribution is -0.299. The molecule has 39 heavy (non-hydrogen) atoms. The van der Waals surface area contributed by atoms with Gasteiger partial charge < -0.3 is 20.9 Å². The summed E-state index contributed by atoms with van der Waals surface area (Å²) in [6.45, 7) is 6.57. The zero-order chi connectivity index (χ0) is 29.3. The highest BCUT2D eigenvalue weighted by Crippen LogP contribution is 2.39. The summed E-state index contributed by atoms with van der Waals surface area (Å²) in [5, 5.41) is 14.2. The van der Waals surface area contributed by atoms with E-state index in [1.165, 1.54) is 0 Å². The normalized spacial score (nSPS) is 22.8. The number of ether oxygens (including phenoxy) is 1. The summed E-state index contributed by atoms with van der Waals surface area (Å²) in [6.07, 6.45) is -17.1. The van der Waals surface area contributed by atoms with E-state index in [-0.39, 0.29) is 28.9 Å². The highest BCUT2D eigenvalue weighted by atomic mass is 32.2. The van der Waals surface area contributed by atoms with E-state index < -0.39 is 64.6 Å². The third kappa shape index (κ3) is 8.07. The Kier molecular flexibility index (Phi) is 9.28. The topological polar surface area (TPSA) is 84.6 Å². The Morgan fingerprint density at radius 1 is 1.05 bits per heavy atom. The van der Waals surface area contributed by atoms with Crippen LogP contribution >= 0.6 is 0 Å². The van der Waals surface area contributed by atoms with Crippen LogP contribution in [0.25, 0.3) is 0 Å². The highest BCUT2D eigenvalue weighted by molar-refractivity contribution is 7.85. The van der Waals surface area contributed by atoms with Gasteiger partial charge in [-0.1, -0.05) is 45.0 Å². The number of alkyl halides is 6. The summed E-state index contributed by atoms with van der Waals surface area (Å²) in [5.41, 5.74) is 6.28. The maximum atomic E-state index is 14.4. The second-order valence-electron chi connectivity index (χ2n) is 10.7. The van der Waals surface area contributed by atoms with Gasteiger partial charge in [0.1, 0.15) is 17.3 Å². The van der Waals surface area contributed by atoms with Crippen molar-refractivity contribution in [1.29, 1.82) is 0 Å². The van der Waals surface area contributed by atoms with E-state index >= 15 is 0 Å². The molecule has 0 aliphatic carbocycles. The molecule has 0 amide bonds. The van der Waals surface area contributed by atoms with E-state index in [1.54, 1.807) is 0 Å². The maximum Gasteiger partial charge on any atom is 0.434 e. The summed E-state index contributed by atoms with van der Waals surface area (Å²) < 4.78 is 109. The quantitative estimate of drug-likeness (QED) is 0.315. The molecule has 2 aromatic carbocycles. The Labute approximate surface area is 224 Å². The van der Waals surface area contributed by atoms with Crippen molar-refractivity contribution in [2.24, 2.45) is 5.92 Å². The molecule has 1 saturated heterocycles. The van der Waals surface area contributed by atoms with E-state index in [2.05, 4.69) is 30.8 Å². The molecule has 3 rings (SSSR count). The predicted molar refractivity (Wildman–Crippen MR) is 134 cm³/mol. The van der Waals surface area contributed by atoms with Crippen LogP contribution in [0.15, 0.2) is 36.4 Å². The SMILES string of the molecule is CC(C)(C)c1cccc(CN[C@H]2C[S@@](=O)C[C@@H](Cc3cc(F)c(N)c(OC(C(F)(F)F)C(F)(F)F)c3)[C@@H]2O)c1. The van der Waals surface area contributed by atoms with E-state index in [0.717, 1.165) is 23.3 Å². The number of nitrogens with two attached hydrogens (primary N) is 1. The average molecular weight is 585 g/mol. The molecule has 5 nitrogen and oxygen atoms in total. The van der Waals surface area contributed by atoms with Crippen LogP contribution in [-0.2, 0) is 29.2 Å². The summed E-state index contributed by atoms with van der Waals surface area (Å²) in [7, 11) is -1.39. The summed E-state index contributed by atoms with van der Waals surface area (Å²) in [4.78, 5) is 0. The summed E-state index contributed by atoms with van der Waals surface area (Å²) >= 11 is 0. The molecule has 1 aliphatic heterocycles. The standard InChI is InChI=1S/C26H31F7N2O3S/c1-24(2,3)17-6-4-5-14(8-17)11-35-19-13-39(37)12-16(22(19)36)7-15-9-18(27)21(34)20(10-15)38-23(25(28,29)30)26(31,32)33/h4-6,8-10,16,19,22-23,35-36H,7,11-13,34H2,1-3H3/t16-,19+,22+,39+/m1/s1. The zero-order valence-corrected chi connectivity index (χ0v) is 22.3. The van der Waals surface area contributed by atoms with Gasteiger partial charge in [-0.15, -0.1) is 0 Å². The molecule has 1 fully saturated rings. The first kappa shape index (κ1) is 31.2. The number of hydrogen-bond donors (Lipinski definition) is 3. The van der Waals surface area contributed by atoms with Gasteiger partial charge in [-0.3, -0.25) is 4.21 Å². The second-order valence-corrected chi connectivity index (χ2v) is 12.3. The van der Waals surface area contributed by atoms with Gasteiger partial charge in [0.2, 0.25) is 0 Å². The maximum absolute atomic E-state index is 14.4. The number of benzene rings is 2. The molecule has 1 heterocycles. The van der Waals surface area contributed by atoms with Gasteiger partial charge in [-0.25, -0.2) is 4.39 Å². The monoisotopic (exact) mass is 584 g/mol. The third-order valence-corrected chi connectivity index (χ3v) is 8.04. The van der Waals surface area contributed by atoms with Crippen molar-refractivity contribution in [2.45, 2.75) is 69.8 Å². The van der Waals surface area contributed by atoms with Crippen LogP contribution in [0.4, 0.5) is 36.4 Å². The number of halogens is 7. The van der Waals surface area contributed by atoms with Crippen molar-refractivity contribution in [2.75, 3.05) is 17.2 Å². The van der Waals surface area contributed by atoms with E-state index in [4.69, 9.17) is 5.73 Å². The van der Waals surface area contributed by atoms with E-state index in [1.807, 2.05) is 24.3 Å². The molecule has 218 valence electrons. The van der Waals surface area contributed by atoms with Crippen molar-refractivity contribution >= 4 is 16.5 Å². The molecule has 0 saturated carbocycles. The largest absolute Gasteiger partial charge is 0.469 e. The van der Waals surface area contributed by atoms with Crippen molar-refractivity contribution in [3.05, 3.63) is 58.9 Å². The van der Waals surface area contributed by atoms with Gasteiger partial charge >= 0.3 is 12.4 Å². The van der Waals surface area contributed by atoms with Crippen LogP contribution in [-0.4, -0.2) is 51.4 Å². The molecular weight excluding hydrogens is 553 g/mol. The first-order valence-electron chi connectivity index (χ1n) is 12.1. The van der Waals surface area contributed by atoms with Gasteiger partial charge in [0, 0.05) is 40.8 Å². The minimum absolute atomic E-state index is 0.00870. The van der Waals surface area contributed by atoms with E-state index in [9.17, 15) is 40.0 Å². The smallest absolute Gasteiger partial charge is 0.434 e. The molecule has 4 atom stereocenters. The number of nitrogen functional groups attached to an aromatic ring is 1. The van der Waals surface area contributed by atoms with Gasteiger partial charge in [0.15, 0.2) is 0 Å². The van der Waals surface area contributed by atoms with Crippen LogP contribution in [0.3, 0.4) is 0 Å². The molecule has 0 aromatic heterocycles. The Morgan fingerprint density at radius 3 is 2.28 bits per heavy atom. The molecule has 2 aromatic rings. The van der Waals surface area contributed by atoms with Gasteiger partial charge in [0.05, 0.1) is 6.10 Å². The minimum Gasteiger partial charge on any atom is -0.469 e. The minimum atomic E-state index is -5.82. The molecule has 0 spiro atoms. The predicted octanol–water partition coefficient (Wildman–Crippen LogP) is 5.02. The average Bonchev–Trinajstić information content (AvgIpc) is 2.79. The fourth-order valence-corrected chi connectivity index (χ4v) is 6.04. The van der Waals surface area contributed by atoms with E-state index in [0.29, 0.717) is 6.54 Å². The number of rotatable bonds is 7. The molecular formula is C26H31F7N2O3S. The van der Waals surface area contributed by atoms with Crippen molar-refractivity contribution < 1.29 is 44.8 Å². The summed E-state index contributed by atoms with van der Waals surface area (Å²) in [5.74, 6) is -2.97. The zero-order valence-electron chi connectivity index (χ0n) is 21.5. The molecule has 13 heteroatoms.